The topological polar surface area (TPSA) is 64.3 Å². The summed E-state index contributed by atoms with van der Waals surface area (Å²) in [5.74, 6) is 1.16. The van der Waals surface area contributed by atoms with Crippen LogP contribution in [0.4, 0.5) is 0 Å². The predicted octanol–water partition coefficient (Wildman–Crippen LogP) is 2.88. The molecule has 24 heavy (non-hydrogen) atoms. The van der Waals surface area contributed by atoms with E-state index < -0.39 is 6.04 Å². The third kappa shape index (κ3) is 5.70. The highest BCUT2D eigenvalue weighted by Gasteiger charge is 2.13. The first-order valence-electron chi connectivity index (χ1n) is 8.36. The molecule has 2 rings (SSSR count). The molecule has 0 fully saturated rings. The summed E-state index contributed by atoms with van der Waals surface area (Å²) in [5.41, 5.74) is 8.27. The minimum atomic E-state index is -0.544. The van der Waals surface area contributed by atoms with Crippen molar-refractivity contribution >= 4 is 5.91 Å². The lowest BCUT2D eigenvalue weighted by Crippen LogP contribution is -2.43. The molecule has 0 saturated heterocycles. The number of benzene rings is 2. The van der Waals surface area contributed by atoms with Crippen LogP contribution >= 0.6 is 0 Å². The molecule has 0 aliphatic rings. The molecule has 0 heterocycles. The van der Waals surface area contributed by atoms with Crippen molar-refractivity contribution in [2.75, 3.05) is 13.2 Å². The molecular formula is C20H26N2O2. The first-order valence-corrected chi connectivity index (χ1v) is 8.36. The molecule has 0 spiro atoms. The van der Waals surface area contributed by atoms with E-state index in [1.54, 1.807) is 0 Å². The van der Waals surface area contributed by atoms with Crippen molar-refractivity contribution in [2.45, 2.75) is 32.2 Å². The van der Waals surface area contributed by atoms with E-state index in [-0.39, 0.29) is 5.91 Å². The van der Waals surface area contributed by atoms with Gasteiger partial charge in [-0.3, -0.25) is 4.79 Å². The molecule has 4 heteroatoms. The number of carbonyl (C=O) groups excluding carboxylic acids is 1. The lowest BCUT2D eigenvalue weighted by Gasteiger charge is -2.13. The smallest absolute Gasteiger partial charge is 0.237 e. The number of amides is 1. The van der Waals surface area contributed by atoms with Crippen molar-refractivity contribution in [3.63, 3.8) is 0 Å². The summed E-state index contributed by atoms with van der Waals surface area (Å²) in [6, 6.07) is 17.3. The fraction of sp³-hybridized carbons (Fsp3) is 0.350. The van der Waals surface area contributed by atoms with Crippen LogP contribution in [0, 0.1) is 0 Å². The number of nitrogens with one attached hydrogen (secondary N) is 1. The second-order valence-corrected chi connectivity index (χ2v) is 6.16. The Bertz CT molecular complexity index is 624. The number of nitrogens with two attached hydrogens (primary N) is 1. The SMILES string of the molecule is CC(C)c1ccc(OCCNC(=O)[C@@H](N)Cc2ccccc2)cc1. The Kier molecular flexibility index (Phi) is 6.82. The van der Waals surface area contributed by atoms with E-state index in [9.17, 15) is 4.79 Å². The minimum absolute atomic E-state index is 0.155. The average molecular weight is 326 g/mol. The summed E-state index contributed by atoms with van der Waals surface area (Å²) < 4.78 is 5.63. The summed E-state index contributed by atoms with van der Waals surface area (Å²) in [4.78, 5) is 12.0. The van der Waals surface area contributed by atoms with Gasteiger partial charge in [-0.1, -0.05) is 56.3 Å². The van der Waals surface area contributed by atoms with Crippen molar-refractivity contribution in [3.05, 3.63) is 65.7 Å². The zero-order chi connectivity index (χ0) is 17.4. The van der Waals surface area contributed by atoms with Crippen LogP contribution < -0.4 is 15.8 Å². The third-order valence-electron chi connectivity index (χ3n) is 3.85. The Balaban J connectivity index is 1.68. The molecule has 0 bridgehead atoms. The largest absolute Gasteiger partial charge is 0.492 e. The monoisotopic (exact) mass is 326 g/mol. The van der Waals surface area contributed by atoms with E-state index >= 15 is 0 Å². The lowest BCUT2D eigenvalue weighted by molar-refractivity contribution is -0.122. The predicted molar refractivity (Wildman–Crippen MR) is 97.2 cm³/mol. The van der Waals surface area contributed by atoms with E-state index in [2.05, 4.69) is 31.3 Å². The van der Waals surface area contributed by atoms with Crippen molar-refractivity contribution in [2.24, 2.45) is 5.73 Å². The lowest BCUT2D eigenvalue weighted by atomic mass is 10.0. The number of ether oxygens (including phenoxy) is 1. The van der Waals surface area contributed by atoms with Gasteiger partial charge in [0.1, 0.15) is 12.4 Å². The average Bonchev–Trinajstić information content (AvgIpc) is 2.59. The molecule has 3 N–H and O–H groups in total. The van der Waals surface area contributed by atoms with Crippen LogP contribution in [0.1, 0.15) is 30.9 Å². The molecule has 2 aromatic carbocycles. The maximum Gasteiger partial charge on any atom is 0.237 e. The van der Waals surface area contributed by atoms with Gasteiger partial charge in [0.15, 0.2) is 0 Å². The Morgan fingerprint density at radius 2 is 1.75 bits per heavy atom. The molecule has 128 valence electrons. The van der Waals surface area contributed by atoms with Gasteiger partial charge in [0.25, 0.3) is 0 Å². The quantitative estimate of drug-likeness (QED) is 0.733. The highest BCUT2D eigenvalue weighted by molar-refractivity contribution is 5.81. The molecule has 0 aromatic heterocycles. The molecule has 0 saturated carbocycles. The fourth-order valence-corrected chi connectivity index (χ4v) is 2.38. The molecular weight excluding hydrogens is 300 g/mol. The summed E-state index contributed by atoms with van der Waals surface area (Å²) in [6.45, 7) is 5.17. The van der Waals surface area contributed by atoms with Crippen LogP contribution in [0.3, 0.4) is 0 Å². The normalized spacial score (nSPS) is 12.0. The molecule has 4 nitrogen and oxygen atoms in total. The van der Waals surface area contributed by atoms with Crippen molar-refractivity contribution < 1.29 is 9.53 Å². The number of rotatable bonds is 8. The summed E-state index contributed by atoms with van der Waals surface area (Å²) in [6.07, 6.45) is 0.532. The van der Waals surface area contributed by atoms with Gasteiger partial charge in [0.2, 0.25) is 5.91 Å². The maximum atomic E-state index is 12.0. The number of carbonyl (C=O) groups is 1. The van der Waals surface area contributed by atoms with Gasteiger partial charge >= 0.3 is 0 Å². The van der Waals surface area contributed by atoms with E-state index in [1.807, 2.05) is 42.5 Å². The van der Waals surface area contributed by atoms with E-state index in [0.29, 0.717) is 25.5 Å². The van der Waals surface area contributed by atoms with Crippen LogP contribution in [0.25, 0.3) is 0 Å². The second-order valence-electron chi connectivity index (χ2n) is 6.16. The highest BCUT2D eigenvalue weighted by atomic mass is 16.5. The molecule has 1 amide bonds. The van der Waals surface area contributed by atoms with Gasteiger partial charge in [0, 0.05) is 0 Å². The van der Waals surface area contributed by atoms with Crippen molar-refractivity contribution in [3.8, 4) is 5.75 Å². The van der Waals surface area contributed by atoms with Crippen LogP contribution in [0.2, 0.25) is 0 Å². The van der Waals surface area contributed by atoms with Gasteiger partial charge in [-0.2, -0.15) is 0 Å². The van der Waals surface area contributed by atoms with Gasteiger partial charge < -0.3 is 15.8 Å². The Hall–Kier alpha value is -2.33. The summed E-state index contributed by atoms with van der Waals surface area (Å²) in [5, 5.41) is 2.81. The Morgan fingerprint density at radius 3 is 2.38 bits per heavy atom. The standard InChI is InChI=1S/C20H26N2O2/c1-15(2)17-8-10-18(11-9-17)24-13-12-22-20(23)19(21)14-16-6-4-3-5-7-16/h3-11,15,19H,12-14,21H2,1-2H3,(H,22,23)/t19-/m0/s1. The molecule has 1 atom stereocenters. The molecule has 0 aliphatic carbocycles. The van der Waals surface area contributed by atoms with Crippen LogP contribution in [0.15, 0.2) is 54.6 Å². The molecule has 0 radical (unpaired) electrons. The zero-order valence-electron chi connectivity index (χ0n) is 14.4. The molecule has 0 unspecified atom stereocenters. The second kappa shape index (κ2) is 9.08. The van der Waals surface area contributed by atoms with Gasteiger partial charge in [-0.25, -0.2) is 0 Å². The van der Waals surface area contributed by atoms with Crippen LogP contribution in [-0.2, 0) is 11.2 Å². The first kappa shape index (κ1) is 18.0. The zero-order valence-corrected chi connectivity index (χ0v) is 14.4. The summed E-state index contributed by atoms with van der Waals surface area (Å²) >= 11 is 0. The van der Waals surface area contributed by atoms with Crippen LogP contribution in [0.5, 0.6) is 5.75 Å². The van der Waals surface area contributed by atoms with Gasteiger partial charge in [-0.05, 0) is 35.6 Å². The Morgan fingerprint density at radius 1 is 1.08 bits per heavy atom. The van der Waals surface area contributed by atoms with E-state index in [4.69, 9.17) is 10.5 Å². The van der Waals surface area contributed by atoms with Gasteiger partial charge in [-0.15, -0.1) is 0 Å². The van der Waals surface area contributed by atoms with Crippen molar-refractivity contribution in [1.29, 1.82) is 0 Å². The van der Waals surface area contributed by atoms with Crippen molar-refractivity contribution in [1.82, 2.24) is 5.32 Å². The summed E-state index contributed by atoms with van der Waals surface area (Å²) in [7, 11) is 0. The van der Waals surface area contributed by atoms with Crippen LogP contribution in [-0.4, -0.2) is 25.1 Å². The first-order chi connectivity index (χ1) is 11.6. The molecule has 2 aromatic rings. The highest BCUT2D eigenvalue weighted by Crippen LogP contribution is 2.18. The van der Waals surface area contributed by atoms with Gasteiger partial charge in [0.05, 0.1) is 12.6 Å². The Labute approximate surface area is 144 Å². The third-order valence-corrected chi connectivity index (χ3v) is 3.85. The molecule has 0 aliphatic heterocycles. The number of hydrogen-bond acceptors (Lipinski definition) is 3. The number of hydrogen-bond donors (Lipinski definition) is 2. The fourth-order valence-electron chi connectivity index (χ4n) is 2.38. The minimum Gasteiger partial charge on any atom is -0.492 e. The van der Waals surface area contributed by atoms with E-state index in [0.717, 1.165) is 11.3 Å². The van der Waals surface area contributed by atoms with E-state index in [1.165, 1.54) is 5.56 Å². The maximum absolute atomic E-state index is 12.0.